The second kappa shape index (κ2) is 18.0. The zero-order valence-corrected chi connectivity index (χ0v) is 23.6. The van der Waals surface area contributed by atoms with Crippen LogP contribution in [-0.4, -0.2) is 55.1 Å². The van der Waals surface area contributed by atoms with Gasteiger partial charge in [0.15, 0.2) is 5.60 Å². The molecule has 0 bridgehead atoms. The van der Waals surface area contributed by atoms with E-state index in [1.165, 1.54) is 6.92 Å². The molecule has 2 aliphatic rings. The summed E-state index contributed by atoms with van der Waals surface area (Å²) < 4.78 is 16.0. The summed E-state index contributed by atoms with van der Waals surface area (Å²) in [5.74, 6) is 2.66. The zero-order valence-electron chi connectivity index (χ0n) is 23.6. The lowest BCUT2D eigenvalue weighted by atomic mass is 9.80. The Morgan fingerprint density at radius 3 is 2.03 bits per heavy atom. The van der Waals surface area contributed by atoms with E-state index in [4.69, 9.17) is 14.2 Å². The number of nitrogens with one attached hydrogen (secondary N) is 1. The first kappa shape index (κ1) is 34.8. The van der Waals surface area contributed by atoms with Gasteiger partial charge < -0.3 is 19.5 Å². The molecule has 202 valence electrons. The molecule has 0 radical (unpaired) electrons. The van der Waals surface area contributed by atoms with E-state index in [1.807, 2.05) is 48.5 Å². The fraction of sp³-hybridized carbons (Fsp3) is 0.778. The average molecular weight is 498 g/mol. The van der Waals surface area contributed by atoms with Crippen LogP contribution in [0.25, 0.3) is 0 Å². The molecule has 8 nitrogen and oxygen atoms in total. The quantitative estimate of drug-likeness (QED) is 0.317. The van der Waals surface area contributed by atoms with Gasteiger partial charge in [-0.15, -0.1) is 11.8 Å². The van der Waals surface area contributed by atoms with Gasteiger partial charge in [0.05, 0.1) is 12.1 Å². The fourth-order valence-corrected chi connectivity index (χ4v) is 3.80. The van der Waals surface area contributed by atoms with Crippen LogP contribution >= 0.6 is 0 Å². The van der Waals surface area contributed by atoms with Crippen LogP contribution in [0.4, 0.5) is 4.79 Å². The van der Waals surface area contributed by atoms with Gasteiger partial charge in [-0.2, -0.15) is 0 Å². The van der Waals surface area contributed by atoms with Crippen molar-refractivity contribution < 1.29 is 33.4 Å². The van der Waals surface area contributed by atoms with Gasteiger partial charge >= 0.3 is 12.1 Å². The molecule has 0 aromatic heterocycles. The molecule has 4 unspecified atom stereocenters. The summed E-state index contributed by atoms with van der Waals surface area (Å²) in [5, 5.41) is 2.67. The molecule has 0 saturated carbocycles. The van der Waals surface area contributed by atoms with Crippen LogP contribution in [0.15, 0.2) is 0 Å². The lowest BCUT2D eigenvalue weighted by Crippen LogP contribution is -2.52. The summed E-state index contributed by atoms with van der Waals surface area (Å²) in [5.41, 5.74) is -1.19. The molecular weight excluding hydrogens is 450 g/mol. The first-order valence-corrected chi connectivity index (χ1v) is 12.6. The number of esters is 1. The Hall–Kier alpha value is -2.40. The summed E-state index contributed by atoms with van der Waals surface area (Å²) >= 11 is 0. The maximum atomic E-state index is 12.9. The number of cyclic esters (lactones) is 1. The van der Waals surface area contributed by atoms with Gasteiger partial charge in [0.25, 0.3) is 0 Å². The van der Waals surface area contributed by atoms with Crippen LogP contribution in [0.2, 0.25) is 0 Å². The van der Waals surface area contributed by atoms with E-state index in [0.29, 0.717) is 12.8 Å². The summed E-state index contributed by atoms with van der Waals surface area (Å²) in [4.78, 5) is 49.3. The minimum atomic E-state index is -1.19. The van der Waals surface area contributed by atoms with E-state index >= 15 is 0 Å². The molecule has 0 aromatic rings. The van der Waals surface area contributed by atoms with Gasteiger partial charge in [0.2, 0.25) is 0 Å². The molecule has 1 amide bonds. The predicted octanol–water partition coefficient (Wildman–Crippen LogP) is 4.72. The first-order valence-electron chi connectivity index (χ1n) is 12.6. The van der Waals surface area contributed by atoms with Crippen LogP contribution in [0, 0.1) is 29.6 Å². The van der Waals surface area contributed by atoms with Gasteiger partial charge in [0, 0.05) is 25.4 Å². The summed E-state index contributed by atoms with van der Waals surface area (Å²) in [6.45, 7) is 18.1. The third-order valence-electron chi connectivity index (χ3n) is 5.94. The SMILES string of the molecule is CC.CC.CC#CC.COC1CCC(=O)C(C)C(=O)OC[C@@]2(C)OC(=O)NC2C(C)C(=O)[C@H](C)C1. The standard InChI is InChI=1S/C19H29NO7.C4H6.2C2H6/c1-10-8-13(25-5)6-7-14(21)11(2)17(23)26-9-19(4)16(12(3)15(10)22)20-18(24)27-19;1-3-4-2;2*1-2/h10-13,16H,6-9H2,1-5H3,(H,20,24);1-2H3;2*1-2H3/t10-,11?,12?,13?,16?,19-;;;/m1.../s1. The second-order valence-corrected chi connectivity index (χ2v) is 8.34. The van der Waals surface area contributed by atoms with E-state index in [9.17, 15) is 19.2 Å². The minimum Gasteiger partial charge on any atom is -0.461 e. The molecule has 0 spiro atoms. The van der Waals surface area contributed by atoms with Crippen molar-refractivity contribution in [2.75, 3.05) is 13.7 Å². The number of ketones is 2. The Bertz CT molecular complexity index is 734. The van der Waals surface area contributed by atoms with Crippen molar-refractivity contribution in [3.05, 3.63) is 0 Å². The smallest absolute Gasteiger partial charge is 0.408 e. The van der Waals surface area contributed by atoms with Gasteiger partial charge in [0.1, 0.15) is 24.1 Å². The van der Waals surface area contributed by atoms with E-state index in [0.717, 1.165) is 0 Å². The molecule has 2 fully saturated rings. The third-order valence-corrected chi connectivity index (χ3v) is 5.94. The maximum absolute atomic E-state index is 12.9. The lowest BCUT2D eigenvalue weighted by molar-refractivity contribution is -0.157. The van der Waals surface area contributed by atoms with E-state index in [1.54, 1.807) is 21.0 Å². The van der Waals surface area contributed by atoms with Gasteiger partial charge in [-0.1, -0.05) is 41.5 Å². The Kier molecular flexibility index (Phi) is 17.8. The normalized spacial score (nSPS) is 30.9. The number of hydrogen-bond acceptors (Lipinski definition) is 7. The van der Waals surface area contributed by atoms with Crippen molar-refractivity contribution in [2.45, 2.75) is 106 Å². The molecule has 0 aliphatic carbocycles. The third kappa shape index (κ3) is 10.8. The highest BCUT2D eigenvalue weighted by molar-refractivity contribution is 5.98. The number of rotatable bonds is 1. The van der Waals surface area contributed by atoms with Crippen LogP contribution in [0.1, 0.15) is 88.5 Å². The van der Waals surface area contributed by atoms with E-state index in [-0.39, 0.29) is 36.6 Å². The Morgan fingerprint density at radius 2 is 1.54 bits per heavy atom. The Balaban J connectivity index is 0. The van der Waals surface area contributed by atoms with E-state index in [2.05, 4.69) is 17.2 Å². The molecular formula is C27H47NO7. The minimum absolute atomic E-state index is 0.0397. The monoisotopic (exact) mass is 497 g/mol. The van der Waals surface area contributed by atoms with Gasteiger partial charge in [-0.05, 0) is 40.5 Å². The molecule has 1 N–H and O–H groups in total. The summed E-state index contributed by atoms with van der Waals surface area (Å²) in [6, 6.07) is -0.636. The molecule has 2 rings (SSSR count). The summed E-state index contributed by atoms with van der Waals surface area (Å²) in [7, 11) is 1.54. The van der Waals surface area contributed by atoms with Crippen LogP contribution in [-0.2, 0) is 28.6 Å². The number of ether oxygens (including phenoxy) is 3. The highest BCUT2D eigenvalue weighted by Crippen LogP contribution is 2.31. The van der Waals surface area contributed by atoms with Crippen molar-refractivity contribution in [3.63, 3.8) is 0 Å². The van der Waals surface area contributed by atoms with Gasteiger partial charge in [-0.3, -0.25) is 14.4 Å². The molecule has 8 heteroatoms. The van der Waals surface area contributed by atoms with Crippen LogP contribution in [0.3, 0.4) is 0 Å². The number of methoxy groups -OCH3 is 1. The fourth-order valence-electron chi connectivity index (χ4n) is 3.80. The van der Waals surface area contributed by atoms with Crippen molar-refractivity contribution in [3.8, 4) is 11.8 Å². The number of carbonyl (C=O) groups excluding carboxylic acids is 4. The van der Waals surface area contributed by atoms with Gasteiger partial charge in [-0.25, -0.2) is 4.79 Å². The predicted molar refractivity (Wildman–Crippen MR) is 137 cm³/mol. The number of hydrogen-bond donors (Lipinski definition) is 1. The van der Waals surface area contributed by atoms with Crippen molar-refractivity contribution in [1.29, 1.82) is 0 Å². The lowest BCUT2D eigenvalue weighted by Gasteiger charge is -2.33. The molecule has 6 atom stereocenters. The highest BCUT2D eigenvalue weighted by atomic mass is 16.6. The number of Topliss-reactive ketones (excluding diaryl/α,β-unsaturated/α-hetero) is 2. The number of fused-ring (bicyclic) bond motifs is 1. The summed E-state index contributed by atoms with van der Waals surface area (Å²) in [6.07, 6.45) is 0.132. The maximum Gasteiger partial charge on any atom is 0.408 e. The molecule has 2 heterocycles. The number of amides is 1. The molecule has 0 aromatic carbocycles. The van der Waals surface area contributed by atoms with Crippen molar-refractivity contribution >= 4 is 23.6 Å². The molecule has 2 aliphatic heterocycles. The first-order chi connectivity index (χ1) is 16.5. The molecule has 2 saturated heterocycles. The number of alkyl carbamates (subject to hydrolysis) is 1. The topological polar surface area (TPSA) is 108 Å². The van der Waals surface area contributed by atoms with Crippen LogP contribution in [0.5, 0.6) is 0 Å². The van der Waals surface area contributed by atoms with E-state index < -0.39 is 35.5 Å². The zero-order chi connectivity index (χ0) is 27.8. The second-order valence-electron chi connectivity index (χ2n) is 8.34. The highest BCUT2D eigenvalue weighted by Gasteiger charge is 2.51. The van der Waals surface area contributed by atoms with Crippen LogP contribution < -0.4 is 5.32 Å². The Morgan fingerprint density at radius 1 is 1.00 bits per heavy atom. The molecule has 35 heavy (non-hydrogen) atoms. The van der Waals surface area contributed by atoms with Crippen molar-refractivity contribution in [2.24, 2.45) is 17.8 Å². The Labute approximate surface area is 212 Å². The largest absolute Gasteiger partial charge is 0.461 e. The number of carbonyl (C=O) groups is 4. The average Bonchev–Trinajstić information content (AvgIpc) is 3.19. The van der Waals surface area contributed by atoms with Crippen molar-refractivity contribution in [1.82, 2.24) is 5.32 Å².